The van der Waals surface area contributed by atoms with Crippen molar-refractivity contribution in [1.29, 1.82) is 0 Å². The fraction of sp³-hybridized carbons (Fsp3) is 0.360. The molecule has 2 aliphatic carbocycles. The zero-order valence-corrected chi connectivity index (χ0v) is 19.1. The molecule has 7 heteroatoms. The first-order chi connectivity index (χ1) is 15.5. The van der Waals surface area contributed by atoms with Crippen LogP contribution in [0, 0.1) is 0 Å². The number of amides is 1. The van der Waals surface area contributed by atoms with Crippen LogP contribution in [0.1, 0.15) is 66.3 Å². The van der Waals surface area contributed by atoms with E-state index in [1.807, 2.05) is 41.8 Å². The molecule has 5 rings (SSSR count). The van der Waals surface area contributed by atoms with Crippen molar-refractivity contribution in [2.24, 2.45) is 0 Å². The van der Waals surface area contributed by atoms with Crippen molar-refractivity contribution < 1.29 is 9.59 Å². The van der Waals surface area contributed by atoms with Crippen LogP contribution >= 0.6 is 11.8 Å². The Balaban J connectivity index is 1.43. The first-order valence-electron chi connectivity index (χ1n) is 11.2. The molecule has 164 valence electrons. The summed E-state index contributed by atoms with van der Waals surface area (Å²) in [4.78, 5) is 24.7. The zero-order chi connectivity index (χ0) is 22.2. The van der Waals surface area contributed by atoms with Crippen molar-refractivity contribution >= 4 is 29.1 Å². The Bertz CT molecular complexity index is 1200. The van der Waals surface area contributed by atoms with E-state index in [-0.39, 0.29) is 16.9 Å². The maximum atomic E-state index is 13.2. The molecule has 2 aliphatic rings. The summed E-state index contributed by atoms with van der Waals surface area (Å²) in [6.45, 7) is 3.43. The van der Waals surface area contributed by atoms with Gasteiger partial charge in [-0.2, -0.15) is 0 Å². The number of aryl methyl sites for hydroxylation is 2. The number of carbonyl (C=O) groups excluding carboxylic acids is 2. The number of carbonyl (C=O) groups is 2. The summed E-state index contributed by atoms with van der Waals surface area (Å²) >= 11 is 1.44. The van der Waals surface area contributed by atoms with Gasteiger partial charge in [-0.1, -0.05) is 30.0 Å². The van der Waals surface area contributed by atoms with Crippen LogP contribution in [0.3, 0.4) is 0 Å². The van der Waals surface area contributed by atoms with Gasteiger partial charge in [-0.3, -0.25) is 14.2 Å². The highest BCUT2D eigenvalue weighted by Gasteiger charge is 2.32. The molecule has 3 aromatic rings. The molecule has 0 aliphatic heterocycles. The Kier molecular flexibility index (Phi) is 5.59. The Hall–Kier alpha value is -2.93. The minimum Gasteiger partial charge on any atom is -0.326 e. The SMILES string of the molecule is CC(=O)Nc1cccc(-n2c(SC(C)C(=O)c3ccc4c(c3)CCC4)nnc2C2CC2)c1. The van der Waals surface area contributed by atoms with Crippen LogP contribution < -0.4 is 5.32 Å². The lowest BCUT2D eigenvalue weighted by Crippen LogP contribution is -2.15. The highest BCUT2D eigenvalue weighted by molar-refractivity contribution is 8.00. The monoisotopic (exact) mass is 446 g/mol. The first kappa shape index (κ1) is 20.9. The third kappa shape index (κ3) is 4.21. The lowest BCUT2D eigenvalue weighted by Gasteiger charge is -2.14. The second-order valence-electron chi connectivity index (χ2n) is 8.64. The summed E-state index contributed by atoms with van der Waals surface area (Å²) < 4.78 is 2.04. The molecule has 1 heterocycles. The Morgan fingerprint density at radius 1 is 1.09 bits per heavy atom. The van der Waals surface area contributed by atoms with E-state index in [1.165, 1.54) is 36.2 Å². The number of hydrogen-bond donors (Lipinski definition) is 1. The first-order valence-corrected chi connectivity index (χ1v) is 12.0. The molecule has 0 spiro atoms. The number of thioether (sulfide) groups is 1. The topological polar surface area (TPSA) is 76.9 Å². The number of benzene rings is 2. The van der Waals surface area contributed by atoms with Gasteiger partial charge in [0.05, 0.1) is 10.9 Å². The third-order valence-electron chi connectivity index (χ3n) is 6.06. The predicted octanol–water partition coefficient (Wildman–Crippen LogP) is 4.96. The van der Waals surface area contributed by atoms with E-state index in [0.717, 1.165) is 48.4 Å². The Morgan fingerprint density at radius 2 is 1.91 bits per heavy atom. The third-order valence-corrected chi connectivity index (χ3v) is 7.10. The van der Waals surface area contributed by atoms with Crippen LogP contribution in [-0.4, -0.2) is 31.7 Å². The van der Waals surface area contributed by atoms with Gasteiger partial charge in [0.25, 0.3) is 0 Å². The van der Waals surface area contributed by atoms with E-state index in [9.17, 15) is 9.59 Å². The summed E-state index contributed by atoms with van der Waals surface area (Å²) in [5.74, 6) is 1.31. The van der Waals surface area contributed by atoms with Crippen molar-refractivity contribution in [3.8, 4) is 5.69 Å². The lowest BCUT2D eigenvalue weighted by molar-refractivity contribution is -0.114. The summed E-state index contributed by atoms with van der Waals surface area (Å²) in [6.07, 6.45) is 5.53. The van der Waals surface area contributed by atoms with Gasteiger partial charge in [0.15, 0.2) is 10.9 Å². The molecular weight excluding hydrogens is 420 g/mol. The van der Waals surface area contributed by atoms with Crippen molar-refractivity contribution in [2.75, 3.05) is 5.32 Å². The standard InChI is InChI=1S/C25H26N4O2S/c1-15(23(31)20-12-9-17-5-3-6-19(17)13-20)32-25-28-27-24(18-10-11-18)29(25)22-8-4-7-21(14-22)26-16(2)30/h4,7-9,12-15,18H,3,5-6,10-11H2,1-2H3,(H,26,30). The average molecular weight is 447 g/mol. The van der Waals surface area contributed by atoms with Crippen LogP contribution in [0.5, 0.6) is 0 Å². The highest BCUT2D eigenvalue weighted by atomic mass is 32.2. The average Bonchev–Trinajstić information content (AvgIpc) is 3.36. The normalized spacial score (nSPS) is 15.9. The van der Waals surface area contributed by atoms with E-state index < -0.39 is 0 Å². The van der Waals surface area contributed by atoms with Gasteiger partial charge in [-0.25, -0.2) is 0 Å². The number of nitrogens with one attached hydrogen (secondary N) is 1. The summed E-state index contributed by atoms with van der Waals surface area (Å²) in [7, 11) is 0. The van der Waals surface area contributed by atoms with Crippen LogP contribution in [0.4, 0.5) is 5.69 Å². The van der Waals surface area contributed by atoms with Gasteiger partial charge >= 0.3 is 0 Å². The largest absolute Gasteiger partial charge is 0.326 e. The molecule has 1 saturated carbocycles. The van der Waals surface area contributed by atoms with Gasteiger partial charge in [0.2, 0.25) is 5.91 Å². The van der Waals surface area contributed by atoms with Crippen LogP contribution in [0.2, 0.25) is 0 Å². The summed E-state index contributed by atoms with van der Waals surface area (Å²) in [6, 6.07) is 13.8. The lowest BCUT2D eigenvalue weighted by atomic mass is 10.0. The van der Waals surface area contributed by atoms with E-state index in [0.29, 0.717) is 11.1 Å². The highest BCUT2D eigenvalue weighted by Crippen LogP contribution is 2.42. The van der Waals surface area contributed by atoms with Gasteiger partial charge in [0, 0.05) is 24.1 Å². The number of Topliss-reactive ketones (excluding diaryl/α,β-unsaturated/α-hetero) is 1. The zero-order valence-electron chi connectivity index (χ0n) is 18.3. The molecule has 1 unspecified atom stereocenters. The van der Waals surface area contributed by atoms with Crippen molar-refractivity contribution in [2.45, 2.75) is 62.3 Å². The van der Waals surface area contributed by atoms with E-state index in [2.05, 4.69) is 27.6 Å². The number of ketones is 1. The predicted molar refractivity (Wildman–Crippen MR) is 126 cm³/mol. The van der Waals surface area contributed by atoms with Gasteiger partial charge < -0.3 is 5.32 Å². The van der Waals surface area contributed by atoms with E-state index in [1.54, 1.807) is 0 Å². The molecule has 0 radical (unpaired) electrons. The Labute approximate surface area is 191 Å². The van der Waals surface area contributed by atoms with E-state index >= 15 is 0 Å². The minimum absolute atomic E-state index is 0.110. The molecule has 1 aromatic heterocycles. The second-order valence-corrected chi connectivity index (χ2v) is 9.95. The number of rotatable bonds is 7. The fourth-order valence-electron chi connectivity index (χ4n) is 4.30. The second kappa shape index (κ2) is 8.54. The van der Waals surface area contributed by atoms with Crippen LogP contribution in [0.25, 0.3) is 5.69 Å². The molecule has 6 nitrogen and oxygen atoms in total. The molecule has 1 N–H and O–H groups in total. The molecule has 1 amide bonds. The molecule has 0 bridgehead atoms. The molecule has 2 aromatic carbocycles. The van der Waals surface area contributed by atoms with Crippen LogP contribution in [-0.2, 0) is 17.6 Å². The number of aromatic nitrogens is 3. The molecule has 0 saturated heterocycles. The summed E-state index contributed by atoms with van der Waals surface area (Å²) in [5.41, 5.74) is 5.06. The smallest absolute Gasteiger partial charge is 0.221 e. The Morgan fingerprint density at radius 3 is 2.69 bits per heavy atom. The summed E-state index contributed by atoms with van der Waals surface area (Å²) in [5, 5.41) is 12.2. The van der Waals surface area contributed by atoms with Crippen LogP contribution in [0.15, 0.2) is 47.6 Å². The molecule has 32 heavy (non-hydrogen) atoms. The van der Waals surface area contributed by atoms with E-state index in [4.69, 9.17) is 0 Å². The fourth-order valence-corrected chi connectivity index (χ4v) is 5.26. The number of anilines is 1. The van der Waals surface area contributed by atoms with Crippen molar-refractivity contribution in [3.05, 3.63) is 65.0 Å². The maximum Gasteiger partial charge on any atom is 0.221 e. The van der Waals surface area contributed by atoms with Crippen molar-refractivity contribution in [3.63, 3.8) is 0 Å². The maximum absolute atomic E-state index is 13.2. The molecule has 1 atom stereocenters. The van der Waals surface area contributed by atoms with Crippen molar-refractivity contribution in [1.82, 2.24) is 14.8 Å². The number of fused-ring (bicyclic) bond motifs is 1. The molecule has 1 fully saturated rings. The quantitative estimate of drug-likeness (QED) is 0.410. The molecular formula is C25H26N4O2S. The van der Waals surface area contributed by atoms with Gasteiger partial charge in [0.1, 0.15) is 5.82 Å². The number of nitrogens with zero attached hydrogens (tertiary/aromatic N) is 3. The number of hydrogen-bond acceptors (Lipinski definition) is 5. The van der Waals surface area contributed by atoms with Gasteiger partial charge in [-0.15, -0.1) is 10.2 Å². The van der Waals surface area contributed by atoms with Gasteiger partial charge in [-0.05, 0) is 74.4 Å². The minimum atomic E-state index is -0.289.